The van der Waals surface area contributed by atoms with Crippen LogP contribution in [0, 0.1) is 0 Å². The molecule has 1 aliphatic heterocycles. The van der Waals surface area contributed by atoms with E-state index >= 15 is 0 Å². The summed E-state index contributed by atoms with van der Waals surface area (Å²) in [5, 5.41) is 11.5. The van der Waals surface area contributed by atoms with Gasteiger partial charge in [-0.05, 0) is 103 Å². The summed E-state index contributed by atoms with van der Waals surface area (Å²) < 4.78 is 0. The Labute approximate surface area is 324 Å². The minimum absolute atomic E-state index is 0.0148. The maximum absolute atomic E-state index is 3.85. The van der Waals surface area contributed by atoms with Gasteiger partial charge in [0.15, 0.2) is 0 Å². The Bertz CT molecular complexity index is 2430. The molecule has 2 atom stereocenters. The molecule has 3 heteroatoms. The van der Waals surface area contributed by atoms with Crippen molar-refractivity contribution in [3.63, 3.8) is 0 Å². The Morgan fingerprint density at radius 1 is 0.418 bits per heavy atom. The minimum Gasteiger partial charge on any atom is -0.279 e. The summed E-state index contributed by atoms with van der Waals surface area (Å²) >= 11 is 0. The Balaban J connectivity index is 1.03. The quantitative estimate of drug-likeness (QED) is 0.154. The topological polar surface area (TPSA) is 36.1 Å². The normalized spacial score (nSPS) is 19.8. The van der Waals surface area contributed by atoms with Gasteiger partial charge in [-0.2, -0.15) is 0 Å². The molecule has 2 aliphatic carbocycles. The first-order valence-electron chi connectivity index (χ1n) is 19.5. The van der Waals surface area contributed by atoms with Gasteiger partial charge in [0.2, 0.25) is 0 Å². The van der Waals surface area contributed by atoms with Crippen molar-refractivity contribution in [2.75, 3.05) is 0 Å². The van der Waals surface area contributed by atoms with Crippen LogP contribution in [-0.4, -0.2) is 0 Å². The Morgan fingerprint density at radius 2 is 0.891 bits per heavy atom. The lowest BCUT2D eigenvalue weighted by Crippen LogP contribution is -2.54. The molecule has 10 rings (SSSR count). The first kappa shape index (κ1) is 33.5. The van der Waals surface area contributed by atoms with E-state index in [0.717, 1.165) is 12.8 Å². The van der Waals surface area contributed by atoms with Crippen LogP contribution in [0.1, 0.15) is 70.3 Å². The van der Waals surface area contributed by atoms with E-state index in [1.54, 1.807) is 0 Å². The second-order valence-electron chi connectivity index (χ2n) is 14.9. The average Bonchev–Trinajstić information content (AvgIpc) is 3.58. The van der Waals surface area contributed by atoms with Crippen LogP contribution in [-0.2, 0) is 5.41 Å². The van der Waals surface area contributed by atoms with Crippen LogP contribution in [0.15, 0.2) is 206 Å². The number of fused-ring (bicyclic) bond motifs is 2. The predicted molar refractivity (Wildman–Crippen MR) is 226 cm³/mol. The van der Waals surface area contributed by atoms with E-state index in [4.69, 9.17) is 0 Å². The van der Waals surface area contributed by atoms with Crippen LogP contribution < -0.4 is 16.0 Å². The van der Waals surface area contributed by atoms with Gasteiger partial charge < -0.3 is 0 Å². The fourth-order valence-corrected chi connectivity index (χ4v) is 9.19. The smallest absolute Gasteiger partial charge is 0.0864 e. The van der Waals surface area contributed by atoms with Crippen LogP contribution in [0.4, 0.5) is 0 Å². The molecule has 1 fully saturated rings. The summed E-state index contributed by atoms with van der Waals surface area (Å²) in [6.45, 7) is 0. The largest absolute Gasteiger partial charge is 0.279 e. The predicted octanol–water partition coefficient (Wildman–Crippen LogP) is 11.7. The van der Waals surface area contributed by atoms with Crippen molar-refractivity contribution in [2.24, 2.45) is 0 Å². The average molecular weight is 710 g/mol. The molecule has 3 aliphatic rings. The summed E-state index contributed by atoms with van der Waals surface area (Å²) in [6, 6.07) is 68.8. The molecule has 0 spiro atoms. The molecule has 0 amide bonds. The Morgan fingerprint density at radius 3 is 1.47 bits per heavy atom. The SMILES string of the molecule is C1=CC2=C(CC1)c1ccc(-c3cccc(-c4cccc(C5NC(c6ccccc6)NC(c6ccccc6)N5)c4)c3)cc1C2(c1ccccc1)c1ccccc1. The molecule has 0 radical (unpaired) electrons. The highest BCUT2D eigenvalue weighted by Gasteiger charge is 2.47. The van der Waals surface area contributed by atoms with Gasteiger partial charge in [-0.15, -0.1) is 0 Å². The van der Waals surface area contributed by atoms with Crippen molar-refractivity contribution >= 4 is 5.57 Å². The van der Waals surface area contributed by atoms with E-state index in [9.17, 15) is 0 Å². The van der Waals surface area contributed by atoms with Crippen LogP contribution in [0.2, 0.25) is 0 Å². The summed E-state index contributed by atoms with van der Waals surface area (Å²) in [5.41, 5.74) is 16.3. The standard InChI is InChI=1S/C52H43N3/c1-5-17-36(18-6-1)49-53-50(37-19-7-2-8-20-37)55-51(54-49)42-24-16-23-40(34-42)38-21-15-22-39(33-38)41-31-32-46-45-29-13-14-30-47(45)52(48(46)35-41,43-25-9-3-10-26-43)44-27-11-4-12-28-44/h1-12,14-28,30-35,49-51,53-55H,13,29H2. The van der Waals surface area contributed by atoms with E-state index < -0.39 is 0 Å². The monoisotopic (exact) mass is 709 g/mol. The lowest BCUT2D eigenvalue weighted by atomic mass is 9.66. The highest BCUT2D eigenvalue weighted by atomic mass is 15.4. The van der Waals surface area contributed by atoms with Crippen molar-refractivity contribution in [3.8, 4) is 22.3 Å². The van der Waals surface area contributed by atoms with Gasteiger partial charge in [-0.1, -0.05) is 182 Å². The molecule has 1 heterocycles. The lowest BCUT2D eigenvalue weighted by molar-refractivity contribution is 0.203. The molecule has 3 nitrogen and oxygen atoms in total. The maximum atomic E-state index is 3.85. The molecule has 0 aromatic heterocycles. The highest BCUT2D eigenvalue weighted by molar-refractivity contribution is 5.90. The maximum Gasteiger partial charge on any atom is 0.0864 e. The second kappa shape index (κ2) is 14.3. The molecule has 3 N–H and O–H groups in total. The van der Waals surface area contributed by atoms with Crippen molar-refractivity contribution in [2.45, 2.75) is 36.8 Å². The molecule has 0 bridgehead atoms. The van der Waals surface area contributed by atoms with Gasteiger partial charge in [-0.25, -0.2) is 0 Å². The van der Waals surface area contributed by atoms with Gasteiger partial charge >= 0.3 is 0 Å². The first-order chi connectivity index (χ1) is 27.3. The zero-order chi connectivity index (χ0) is 36.6. The molecule has 1 saturated heterocycles. The highest BCUT2D eigenvalue weighted by Crippen LogP contribution is 2.57. The molecule has 2 unspecified atom stereocenters. The number of allylic oxidation sites excluding steroid dienone is 4. The van der Waals surface area contributed by atoms with Crippen LogP contribution in [0.25, 0.3) is 27.8 Å². The van der Waals surface area contributed by atoms with E-state index in [1.165, 1.54) is 72.3 Å². The lowest BCUT2D eigenvalue weighted by Gasteiger charge is -2.39. The number of hydrogen-bond donors (Lipinski definition) is 3. The van der Waals surface area contributed by atoms with E-state index in [0.29, 0.717) is 0 Å². The van der Waals surface area contributed by atoms with Gasteiger partial charge in [0, 0.05) is 0 Å². The zero-order valence-corrected chi connectivity index (χ0v) is 30.7. The molecule has 55 heavy (non-hydrogen) atoms. The fourth-order valence-electron chi connectivity index (χ4n) is 9.19. The molecular formula is C52H43N3. The zero-order valence-electron chi connectivity index (χ0n) is 30.7. The van der Waals surface area contributed by atoms with Gasteiger partial charge in [0.05, 0.1) is 23.9 Å². The van der Waals surface area contributed by atoms with E-state index in [2.05, 4.69) is 216 Å². The number of nitrogens with one attached hydrogen (secondary N) is 3. The summed E-state index contributed by atoms with van der Waals surface area (Å²) in [5.74, 6) is 0. The number of hydrogen-bond acceptors (Lipinski definition) is 3. The van der Waals surface area contributed by atoms with Crippen LogP contribution >= 0.6 is 0 Å². The molecule has 7 aromatic carbocycles. The van der Waals surface area contributed by atoms with Gasteiger partial charge in [0.1, 0.15) is 0 Å². The van der Waals surface area contributed by atoms with Crippen molar-refractivity contribution in [3.05, 3.63) is 245 Å². The first-order valence-corrected chi connectivity index (χ1v) is 19.5. The van der Waals surface area contributed by atoms with Crippen LogP contribution in [0.5, 0.6) is 0 Å². The molecule has 7 aromatic rings. The molecule has 266 valence electrons. The third-order valence-corrected chi connectivity index (χ3v) is 11.8. The third-order valence-electron chi connectivity index (χ3n) is 11.8. The van der Waals surface area contributed by atoms with E-state index in [1.807, 2.05) is 0 Å². The summed E-state index contributed by atoms with van der Waals surface area (Å²) in [7, 11) is 0. The Hall–Kier alpha value is -6.10. The van der Waals surface area contributed by atoms with Crippen LogP contribution in [0.3, 0.4) is 0 Å². The second-order valence-corrected chi connectivity index (χ2v) is 14.9. The van der Waals surface area contributed by atoms with Crippen molar-refractivity contribution in [1.29, 1.82) is 0 Å². The summed E-state index contributed by atoms with van der Waals surface area (Å²) in [4.78, 5) is 0. The van der Waals surface area contributed by atoms with Crippen molar-refractivity contribution < 1.29 is 0 Å². The molecular weight excluding hydrogens is 667 g/mol. The van der Waals surface area contributed by atoms with Gasteiger partial charge in [-0.3, -0.25) is 16.0 Å². The number of rotatable bonds is 7. The van der Waals surface area contributed by atoms with E-state index in [-0.39, 0.29) is 23.9 Å². The minimum atomic E-state index is -0.379. The fraction of sp³-hybridized carbons (Fsp3) is 0.115. The van der Waals surface area contributed by atoms with Crippen molar-refractivity contribution in [1.82, 2.24) is 16.0 Å². The third kappa shape index (κ3) is 5.98. The molecule has 0 saturated carbocycles. The number of benzene rings is 7. The van der Waals surface area contributed by atoms with Gasteiger partial charge in [0.25, 0.3) is 0 Å². The summed E-state index contributed by atoms with van der Waals surface area (Å²) in [6.07, 6.45) is 6.81. The Kier molecular flexibility index (Phi) is 8.69.